The molecule has 1 rings (SSSR count). The van der Waals surface area contributed by atoms with Gasteiger partial charge in [0, 0.05) is 6.04 Å². The highest BCUT2D eigenvalue weighted by Gasteiger charge is 2.23. The van der Waals surface area contributed by atoms with E-state index in [4.69, 9.17) is 5.73 Å². The van der Waals surface area contributed by atoms with E-state index in [1.54, 1.807) is 0 Å². The summed E-state index contributed by atoms with van der Waals surface area (Å²) >= 11 is 0. The predicted molar refractivity (Wildman–Crippen MR) is 62.3 cm³/mol. The van der Waals surface area contributed by atoms with Crippen LogP contribution < -0.4 is 5.73 Å². The fourth-order valence-corrected chi connectivity index (χ4v) is 2.29. The minimum Gasteiger partial charge on any atom is -0.330 e. The molecule has 2 heteroatoms. The molecule has 2 N–H and O–H groups in total. The average molecular weight is 198 g/mol. The lowest BCUT2D eigenvalue weighted by Crippen LogP contribution is -2.31. The average Bonchev–Trinajstić information content (AvgIpc) is 2.58. The lowest BCUT2D eigenvalue weighted by Gasteiger charge is -2.25. The molecule has 0 aromatic heterocycles. The Bertz CT molecular complexity index is 145. The largest absolute Gasteiger partial charge is 0.330 e. The molecule has 0 spiro atoms. The van der Waals surface area contributed by atoms with Crippen LogP contribution in [0.2, 0.25) is 0 Å². The molecule has 1 saturated heterocycles. The molecule has 2 nitrogen and oxygen atoms in total. The van der Waals surface area contributed by atoms with Crippen molar-refractivity contribution in [1.82, 2.24) is 4.90 Å². The van der Waals surface area contributed by atoms with Crippen molar-refractivity contribution in [3.63, 3.8) is 0 Å². The van der Waals surface area contributed by atoms with E-state index >= 15 is 0 Å². The molecular formula is C12H26N2. The molecule has 1 atom stereocenters. The van der Waals surface area contributed by atoms with Gasteiger partial charge < -0.3 is 10.6 Å². The van der Waals surface area contributed by atoms with Gasteiger partial charge in [0.2, 0.25) is 0 Å². The quantitative estimate of drug-likeness (QED) is 0.709. The van der Waals surface area contributed by atoms with Gasteiger partial charge in [0.1, 0.15) is 0 Å². The van der Waals surface area contributed by atoms with E-state index in [1.165, 1.54) is 45.2 Å². The smallest absolute Gasteiger partial charge is 0.00962 e. The summed E-state index contributed by atoms with van der Waals surface area (Å²) in [6.07, 6.45) is 6.65. The third kappa shape index (κ3) is 3.97. The topological polar surface area (TPSA) is 29.3 Å². The minimum atomic E-state index is 0.839. The number of likely N-dealkylation sites (tertiary alicyclic amines) is 1. The first kappa shape index (κ1) is 12.0. The fourth-order valence-electron chi connectivity index (χ4n) is 2.29. The maximum absolute atomic E-state index is 5.56. The van der Waals surface area contributed by atoms with Crippen LogP contribution in [0.1, 0.15) is 46.0 Å². The molecule has 0 aliphatic carbocycles. The summed E-state index contributed by atoms with van der Waals surface area (Å²) < 4.78 is 0. The van der Waals surface area contributed by atoms with E-state index in [1.807, 2.05) is 0 Å². The molecule has 0 aromatic carbocycles. The summed E-state index contributed by atoms with van der Waals surface area (Å²) in [5.41, 5.74) is 5.56. The third-order valence-electron chi connectivity index (χ3n) is 3.23. The Morgan fingerprint density at radius 2 is 2.21 bits per heavy atom. The summed E-state index contributed by atoms with van der Waals surface area (Å²) in [5, 5.41) is 0. The van der Waals surface area contributed by atoms with E-state index in [9.17, 15) is 0 Å². The Labute approximate surface area is 88.8 Å². The van der Waals surface area contributed by atoms with Gasteiger partial charge in [-0.1, -0.05) is 13.8 Å². The minimum absolute atomic E-state index is 0.839. The standard InChI is InChI=1S/C12H26N2/c1-11(2)7-10-14-9-4-6-12(14)5-3-8-13/h11-12H,3-10,13H2,1-2H3. The summed E-state index contributed by atoms with van der Waals surface area (Å²) in [7, 11) is 0. The Hall–Kier alpha value is -0.0800. The van der Waals surface area contributed by atoms with E-state index in [0.717, 1.165) is 18.5 Å². The van der Waals surface area contributed by atoms with Crippen molar-refractivity contribution in [2.45, 2.75) is 52.0 Å². The van der Waals surface area contributed by atoms with Crippen molar-refractivity contribution in [2.24, 2.45) is 11.7 Å². The van der Waals surface area contributed by atoms with Crippen molar-refractivity contribution in [1.29, 1.82) is 0 Å². The number of hydrogen-bond acceptors (Lipinski definition) is 2. The summed E-state index contributed by atoms with van der Waals surface area (Å²) in [5.74, 6) is 0.839. The molecule has 84 valence electrons. The normalized spacial score (nSPS) is 23.6. The molecule has 1 aliphatic heterocycles. The van der Waals surface area contributed by atoms with Gasteiger partial charge in [-0.15, -0.1) is 0 Å². The zero-order valence-electron chi connectivity index (χ0n) is 9.84. The van der Waals surface area contributed by atoms with E-state index in [2.05, 4.69) is 18.7 Å². The Balaban J connectivity index is 2.21. The number of rotatable bonds is 6. The van der Waals surface area contributed by atoms with Gasteiger partial charge in [-0.3, -0.25) is 0 Å². The molecule has 0 saturated carbocycles. The summed E-state index contributed by atoms with van der Waals surface area (Å²) in [4.78, 5) is 2.68. The van der Waals surface area contributed by atoms with Crippen molar-refractivity contribution in [3.8, 4) is 0 Å². The maximum Gasteiger partial charge on any atom is 0.00962 e. The van der Waals surface area contributed by atoms with Gasteiger partial charge in [-0.25, -0.2) is 0 Å². The van der Waals surface area contributed by atoms with Gasteiger partial charge in [-0.05, 0) is 57.7 Å². The van der Waals surface area contributed by atoms with Crippen molar-refractivity contribution in [3.05, 3.63) is 0 Å². The molecule has 0 radical (unpaired) electrons. The van der Waals surface area contributed by atoms with E-state index in [0.29, 0.717) is 0 Å². The molecular weight excluding hydrogens is 172 g/mol. The fraction of sp³-hybridized carbons (Fsp3) is 1.00. The zero-order chi connectivity index (χ0) is 10.4. The second-order valence-corrected chi connectivity index (χ2v) is 4.95. The zero-order valence-corrected chi connectivity index (χ0v) is 9.84. The molecule has 1 aliphatic rings. The second-order valence-electron chi connectivity index (χ2n) is 4.95. The van der Waals surface area contributed by atoms with Crippen LogP contribution in [-0.4, -0.2) is 30.6 Å². The monoisotopic (exact) mass is 198 g/mol. The first-order valence-corrected chi connectivity index (χ1v) is 6.18. The molecule has 1 fully saturated rings. The Morgan fingerprint density at radius 1 is 1.43 bits per heavy atom. The first-order valence-electron chi connectivity index (χ1n) is 6.18. The van der Waals surface area contributed by atoms with Crippen LogP contribution in [0.5, 0.6) is 0 Å². The highest BCUT2D eigenvalue weighted by atomic mass is 15.2. The highest BCUT2D eigenvalue weighted by molar-refractivity contribution is 4.79. The van der Waals surface area contributed by atoms with Crippen molar-refractivity contribution >= 4 is 0 Å². The van der Waals surface area contributed by atoms with Crippen molar-refractivity contribution < 1.29 is 0 Å². The SMILES string of the molecule is CC(C)CCN1CCCC1CCCN. The van der Waals surface area contributed by atoms with Crippen LogP contribution in [0.15, 0.2) is 0 Å². The van der Waals surface area contributed by atoms with Crippen LogP contribution in [-0.2, 0) is 0 Å². The molecule has 0 amide bonds. The second kappa shape index (κ2) is 6.41. The van der Waals surface area contributed by atoms with Crippen LogP contribution in [0.3, 0.4) is 0 Å². The van der Waals surface area contributed by atoms with Gasteiger partial charge >= 0.3 is 0 Å². The Kier molecular flexibility index (Phi) is 5.49. The van der Waals surface area contributed by atoms with Gasteiger partial charge in [0.15, 0.2) is 0 Å². The maximum atomic E-state index is 5.56. The number of nitrogens with two attached hydrogens (primary N) is 1. The van der Waals surface area contributed by atoms with E-state index < -0.39 is 0 Å². The van der Waals surface area contributed by atoms with Gasteiger partial charge in [0.05, 0.1) is 0 Å². The van der Waals surface area contributed by atoms with Gasteiger partial charge in [-0.2, -0.15) is 0 Å². The highest BCUT2D eigenvalue weighted by Crippen LogP contribution is 2.21. The lowest BCUT2D eigenvalue weighted by atomic mass is 10.1. The molecule has 1 heterocycles. The summed E-state index contributed by atoms with van der Waals surface area (Å²) in [6.45, 7) is 8.10. The van der Waals surface area contributed by atoms with Gasteiger partial charge in [0.25, 0.3) is 0 Å². The molecule has 0 bridgehead atoms. The molecule has 14 heavy (non-hydrogen) atoms. The number of nitrogens with zero attached hydrogens (tertiary/aromatic N) is 1. The lowest BCUT2D eigenvalue weighted by molar-refractivity contribution is 0.228. The van der Waals surface area contributed by atoms with Crippen molar-refractivity contribution in [2.75, 3.05) is 19.6 Å². The number of hydrogen-bond donors (Lipinski definition) is 1. The van der Waals surface area contributed by atoms with Crippen LogP contribution in [0, 0.1) is 5.92 Å². The van der Waals surface area contributed by atoms with Crippen LogP contribution in [0.4, 0.5) is 0 Å². The molecule has 1 unspecified atom stereocenters. The van der Waals surface area contributed by atoms with Crippen LogP contribution >= 0.6 is 0 Å². The molecule has 0 aromatic rings. The third-order valence-corrected chi connectivity index (χ3v) is 3.23. The first-order chi connectivity index (χ1) is 6.74. The van der Waals surface area contributed by atoms with E-state index in [-0.39, 0.29) is 0 Å². The predicted octanol–water partition coefficient (Wildman–Crippen LogP) is 2.24. The summed E-state index contributed by atoms with van der Waals surface area (Å²) in [6, 6.07) is 0.845. The Morgan fingerprint density at radius 3 is 2.86 bits per heavy atom. The van der Waals surface area contributed by atoms with Crippen LogP contribution in [0.25, 0.3) is 0 Å².